The van der Waals surface area contributed by atoms with Crippen LogP contribution in [0.2, 0.25) is 0 Å². The number of rotatable bonds is 6. The predicted octanol–water partition coefficient (Wildman–Crippen LogP) is 5.64. The van der Waals surface area contributed by atoms with Crippen molar-refractivity contribution < 1.29 is 14.7 Å². The molecule has 31 heavy (non-hydrogen) atoms. The highest BCUT2D eigenvalue weighted by atomic mass is 16.4. The van der Waals surface area contributed by atoms with Crippen LogP contribution in [0.3, 0.4) is 0 Å². The van der Waals surface area contributed by atoms with E-state index in [0.29, 0.717) is 5.56 Å². The van der Waals surface area contributed by atoms with Crippen LogP contribution in [0, 0.1) is 0 Å². The molecule has 1 N–H and O–H groups in total. The molecule has 0 saturated heterocycles. The molecule has 1 aromatic heterocycles. The first kappa shape index (κ1) is 19.1. The predicted molar refractivity (Wildman–Crippen MR) is 122 cm³/mol. The zero-order valence-electron chi connectivity index (χ0n) is 16.9. The summed E-state index contributed by atoms with van der Waals surface area (Å²) >= 11 is 0. The minimum Gasteiger partial charge on any atom is -0.478 e. The fourth-order valence-electron chi connectivity index (χ4n) is 4.29. The molecule has 0 amide bonds. The lowest BCUT2D eigenvalue weighted by Gasteiger charge is -2.14. The van der Waals surface area contributed by atoms with Gasteiger partial charge in [-0.25, -0.2) is 4.79 Å². The molecule has 1 aliphatic rings. The first-order valence-electron chi connectivity index (χ1n) is 10.3. The minimum atomic E-state index is -1.00. The third-order valence-corrected chi connectivity index (χ3v) is 6.04. The van der Waals surface area contributed by atoms with E-state index in [9.17, 15) is 9.59 Å². The van der Waals surface area contributed by atoms with Gasteiger partial charge in [0.05, 0.1) is 10.9 Å². The summed E-state index contributed by atoms with van der Waals surface area (Å²) < 4.78 is 2.04. The van der Waals surface area contributed by atoms with E-state index in [2.05, 4.69) is 0 Å². The van der Waals surface area contributed by atoms with Crippen LogP contribution in [-0.2, 0) is 10.2 Å². The van der Waals surface area contributed by atoms with E-state index < -0.39 is 11.4 Å². The first-order chi connectivity index (χ1) is 15.1. The monoisotopic (exact) mass is 407 g/mol. The maximum Gasteiger partial charge on any atom is 0.328 e. The maximum atomic E-state index is 13.8. The number of fused-ring (bicyclic) bond motifs is 1. The molecule has 1 aliphatic carbocycles. The molecular weight excluding hydrogens is 386 g/mol. The van der Waals surface area contributed by atoms with Gasteiger partial charge in [0.1, 0.15) is 0 Å². The zero-order valence-corrected chi connectivity index (χ0v) is 16.9. The van der Waals surface area contributed by atoms with Crippen LogP contribution in [0.5, 0.6) is 0 Å². The Balaban J connectivity index is 1.68. The van der Waals surface area contributed by atoms with E-state index >= 15 is 0 Å². The third kappa shape index (κ3) is 3.36. The molecule has 152 valence electrons. The summed E-state index contributed by atoms with van der Waals surface area (Å²) in [5, 5.41) is 9.82. The molecule has 3 aromatic carbocycles. The van der Waals surface area contributed by atoms with Gasteiger partial charge in [0.25, 0.3) is 0 Å². The van der Waals surface area contributed by atoms with Crippen molar-refractivity contribution in [2.45, 2.75) is 18.3 Å². The molecular formula is C27H21NO3. The number of para-hydroxylation sites is 1. The number of benzene rings is 3. The number of carboxylic acids is 1. The molecule has 0 atom stereocenters. The highest BCUT2D eigenvalue weighted by Gasteiger charge is 2.51. The zero-order chi connectivity index (χ0) is 21.4. The molecule has 4 nitrogen and oxygen atoms in total. The van der Waals surface area contributed by atoms with Crippen molar-refractivity contribution in [2.24, 2.45) is 0 Å². The van der Waals surface area contributed by atoms with E-state index in [-0.39, 0.29) is 5.78 Å². The number of aromatic nitrogens is 1. The van der Waals surface area contributed by atoms with E-state index in [1.807, 2.05) is 89.6 Å². The Kier molecular flexibility index (Phi) is 4.55. The number of ketones is 1. The van der Waals surface area contributed by atoms with Gasteiger partial charge in [-0.2, -0.15) is 0 Å². The number of nitrogens with zero attached hydrogens (tertiary/aromatic N) is 1. The van der Waals surface area contributed by atoms with Crippen molar-refractivity contribution in [3.8, 4) is 5.69 Å². The minimum absolute atomic E-state index is 0.123. The highest BCUT2D eigenvalue weighted by Crippen LogP contribution is 2.51. The highest BCUT2D eigenvalue weighted by molar-refractivity contribution is 6.15. The second-order valence-electron chi connectivity index (χ2n) is 7.97. The summed E-state index contributed by atoms with van der Waals surface area (Å²) in [6, 6.07) is 25.6. The standard InChI is InChI=1S/C27H21NO3/c29-25(30)14-12-19-11-13-24-22(17-19)23(18-28(24)21-9-5-2-6-10-21)26(31)27(15-16-27)20-7-3-1-4-8-20/h1-14,17-18H,15-16H2,(H,29,30)/b14-12+. The van der Waals surface area contributed by atoms with Gasteiger partial charge < -0.3 is 9.67 Å². The van der Waals surface area contributed by atoms with E-state index in [4.69, 9.17) is 5.11 Å². The van der Waals surface area contributed by atoms with Crippen LogP contribution in [0.15, 0.2) is 91.1 Å². The molecule has 1 heterocycles. The molecule has 0 radical (unpaired) electrons. The second kappa shape index (κ2) is 7.40. The number of hydrogen-bond acceptors (Lipinski definition) is 2. The quantitative estimate of drug-likeness (QED) is 0.332. The average Bonchev–Trinajstić information content (AvgIpc) is 3.54. The third-order valence-electron chi connectivity index (χ3n) is 6.04. The Morgan fingerprint density at radius 1 is 0.903 bits per heavy atom. The van der Waals surface area contributed by atoms with Crippen LogP contribution in [0.25, 0.3) is 22.7 Å². The van der Waals surface area contributed by atoms with Gasteiger partial charge in [-0.05, 0) is 54.3 Å². The number of Topliss-reactive ketones (excluding diaryl/α,β-unsaturated/α-hetero) is 1. The van der Waals surface area contributed by atoms with Crippen LogP contribution in [0.1, 0.15) is 34.3 Å². The van der Waals surface area contributed by atoms with E-state index in [1.165, 1.54) is 0 Å². The van der Waals surface area contributed by atoms with Gasteiger partial charge in [0.2, 0.25) is 0 Å². The Bertz CT molecular complexity index is 1310. The molecule has 0 aliphatic heterocycles. The van der Waals surface area contributed by atoms with Gasteiger partial charge in [0, 0.05) is 28.9 Å². The topological polar surface area (TPSA) is 59.3 Å². The van der Waals surface area contributed by atoms with Gasteiger partial charge in [-0.1, -0.05) is 54.6 Å². The summed E-state index contributed by atoms with van der Waals surface area (Å²) in [5.74, 6) is -0.878. The molecule has 5 rings (SSSR count). The van der Waals surface area contributed by atoms with E-state index in [0.717, 1.165) is 46.6 Å². The van der Waals surface area contributed by atoms with Gasteiger partial charge >= 0.3 is 5.97 Å². The number of carbonyl (C=O) groups excluding carboxylic acids is 1. The van der Waals surface area contributed by atoms with Crippen LogP contribution in [0.4, 0.5) is 0 Å². The lowest BCUT2D eigenvalue weighted by molar-refractivity contribution is -0.131. The van der Waals surface area contributed by atoms with Crippen molar-refractivity contribution in [3.63, 3.8) is 0 Å². The van der Waals surface area contributed by atoms with Crippen molar-refractivity contribution >= 4 is 28.7 Å². The largest absolute Gasteiger partial charge is 0.478 e. The Hall–Kier alpha value is -3.92. The fourth-order valence-corrected chi connectivity index (χ4v) is 4.29. The molecule has 0 spiro atoms. The van der Waals surface area contributed by atoms with Crippen LogP contribution >= 0.6 is 0 Å². The number of carbonyl (C=O) groups is 2. The average molecular weight is 407 g/mol. The molecule has 0 bridgehead atoms. The van der Waals surface area contributed by atoms with Gasteiger partial charge in [0.15, 0.2) is 5.78 Å². The second-order valence-corrected chi connectivity index (χ2v) is 7.97. The van der Waals surface area contributed by atoms with E-state index in [1.54, 1.807) is 6.08 Å². The lowest BCUT2D eigenvalue weighted by Crippen LogP contribution is -2.20. The molecule has 1 fully saturated rings. The van der Waals surface area contributed by atoms with Crippen molar-refractivity contribution in [2.75, 3.05) is 0 Å². The summed E-state index contributed by atoms with van der Waals surface area (Å²) in [6.07, 6.45) is 6.28. The fraction of sp³-hybridized carbons (Fsp3) is 0.111. The maximum absolute atomic E-state index is 13.8. The summed E-state index contributed by atoms with van der Waals surface area (Å²) in [7, 11) is 0. The van der Waals surface area contributed by atoms with Crippen molar-refractivity contribution in [1.82, 2.24) is 4.57 Å². The molecule has 4 heteroatoms. The van der Waals surface area contributed by atoms with Crippen LogP contribution in [-0.4, -0.2) is 21.4 Å². The molecule has 0 unspecified atom stereocenters. The number of aliphatic carboxylic acids is 1. The normalized spacial score (nSPS) is 14.7. The number of hydrogen-bond donors (Lipinski definition) is 1. The molecule has 4 aromatic rings. The summed E-state index contributed by atoms with van der Waals surface area (Å²) in [5.41, 5.74) is 3.91. The smallest absolute Gasteiger partial charge is 0.328 e. The van der Waals surface area contributed by atoms with Gasteiger partial charge in [-0.15, -0.1) is 0 Å². The number of carboxylic acid groups (broad SMARTS) is 1. The van der Waals surface area contributed by atoms with Crippen molar-refractivity contribution in [1.29, 1.82) is 0 Å². The Morgan fingerprint density at radius 2 is 1.58 bits per heavy atom. The Morgan fingerprint density at radius 3 is 2.23 bits per heavy atom. The summed E-state index contributed by atoms with van der Waals surface area (Å²) in [4.78, 5) is 24.8. The first-order valence-corrected chi connectivity index (χ1v) is 10.3. The van der Waals surface area contributed by atoms with Gasteiger partial charge in [-0.3, -0.25) is 4.79 Å². The summed E-state index contributed by atoms with van der Waals surface area (Å²) in [6.45, 7) is 0. The lowest BCUT2D eigenvalue weighted by atomic mass is 9.87. The molecule has 1 saturated carbocycles. The van der Waals surface area contributed by atoms with Crippen LogP contribution < -0.4 is 0 Å². The Labute approximate surface area is 180 Å². The SMILES string of the molecule is O=C(O)/C=C/c1ccc2c(c1)c(C(=O)C1(c3ccccc3)CC1)cn2-c1ccccc1. The van der Waals surface area contributed by atoms with Crippen molar-refractivity contribution in [3.05, 3.63) is 108 Å².